The quantitative estimate of drug-likeness (QED) is 0.642. The Kier molecular flexibility index (Phi) is 5.43. The van der Waals surface area contributed by atoms with Crippen LogP contribution in [0.5, 0.6) is 0 Å². The summed E-state index contributed by atoms with van der Waals surface area (Å²) in [6.45, 7) is 4.76. The zero-order valence-corrected chi connectivity index (χ0v) is 12.9. The molecular weight excluding hydrogens is 272 g/mol. The predicted octanol–water partition coefficient (Wildman–Crippen LogP) is 3.67. The molecular formula is C15H22N2O2S. The third kappa shape index (κ3) is 3.52. The van der Waals surface area contributed by atoms with Crippen LogP contribution in [0.25, 0.3) is 0 Å². The van der Waals surface area contributed by atoms with E-state index in [0.717, 1.165) is 23.4 Å². The lowest BCUT2D eigenvalue weighted by Crippen LogP contribution is -2.33. The zero-order valence-electron chi connectivity index (χ0n) is 12.1. The highest BCUT2D eigenvalue weighted by atomic mass is 32.2. The summed E-state index contributed by atoms with van der Waals surface area (Å²) in [4.78, 5) is 10.7. The number of thioether (sulfide) groups is 1. The summed E-state index contributed by atoms with van der Waals surface area (Å²) in [7, 11) is 0. The van der Waals surface area contributed by atoms with Crippen molar-refractivity contribution in [2.45, 2.75) is 50.9 Å². The highest BCUT2D eigenvalue weighted by Crippen LogP contribution is 2.30. The van der Waals surface area contributed by atoms with Crippen LogP contribution in [-0.4, -0.2) is 22.0 Å². The van der Waals surface area contributed by atoms with Gasteiger partial charge in [-0.05, 0) is 31.1 Å². The fourth-order valence-corrected chi connectivity index (χ4v) is 4.10. The number of nitro benzene ring substituents is 1. The van der Waals surface area contributed by atoms with Crippen molar-refractivity contribution in [3.63, 3.8) is 0 Å². The molecule has 1 saturated carbocycles. The molecule has 0 spiro atoms. The van der Waals surface area contributed by atoms with Gasteiger partial charge in [-0.25, -0.2) is 0 Å². The molecule has 0 amide bonds. The van der Waals surface area contributed by atoms with Crippen LogP contribution in [0, 0.1) is 17.0 Å². The maximum Gasteiger partial charge on any atom is 0.272 e. The van der Waals surface area contributed by atoms with Crippen LogP contribution < -0.4 is 5.32 Å². The molecule has 0 heterocycles. The largest absolute Gasteiger partial charge is 0.309 e. The molecule has 4 nitrogen and oxygen atoms in total. The fourth-order valence-electron chi connectivity index (χ4n) is 2.87. The molecule has 0 radical (unpaired) electrons. The molecule has 1 fully saturated rings. The van der Waals surface area contributed by atoms with Crippen molar-refractivity contribution >= 4 is 17.4 Å². The second-order valence-electron chi connectivity index (χ2n) is 5.23. The van der Waals surface area contributed by atoms with Crippen LogP contribution in [0.1, 0.15) is 37.3 Å². The summed E-state index contributed by atoms with van der Waals surface area (Å²) >= 11 is 2.02. The Morgan fingerprint density at radius 3 is 2.95 bits per heavy atom. The van der Waals surface area contributed by atoms with E-state index in [1.807, 2.05) is 24.8 Å². The van der Waals surface area contributed by atoms with E-state index in [-0.39, 0.29) is 10.6 Å². The number of rotatable bonds is 6. The van der Waals surface area contributed by atoms with E-state index in [2.05, 4.69) is 12.2 Å². The summed E-state index contributed by atoms with van der Waals surface area (Å²) in [5.74, 6) is 1.15. The Labute approximate surface area is 124 Å². The molecule has 1 aliphatic rings. The highest BCUT2D eigenvalue weighted by Gasteiger charge is 2.26. The van der Waals surface area contributed by atoms with Crippen LogP contribution in [0.15, 0.2) is 18.2 Å². The van der Waals surface area contributed by atoms with E-state index < -0.39 is 0 Å². The molecule has 1 aromatic rings. The van der Waals surface area contributed by atoms with Gasteiger partial charge in [-0.15, -0.1) is 0 Å². The minimum absolute atomic E-state index is 0.218. The van der Waals surface area contributed by atoms with Crippen LogP contribution >= 0.6 is 11.8 Å². The number of nitro groups is 1. The summed E-state index contributed by atoms with van der Waals surface area (Å²) in [6, 6.07) is 5.87. The van der Waals surface area contributed by atoms with E-state index in [4.69, 9.17) is 0 Å². The molecule has 1 aromatic carbocycles. The maximum absolute atomic E-state index is 11.0. The van der Waals surface area contributed by atoms with Crippen molar-refractivity contribution in [1.82, 2.24) is 5.32 Å². The van der Waals surface area contributed by atoms with Gasteiger partial charge >= 0.3 is 0 Å². The topological polar surface area (TPSA) is 55.2 Å². The maximum atomic E-state index is 11.0. The number of nitrogens with zero attached hydrogens (tertiary/aromatic N) is 1. The van der Waals surface area contributed by atoms with Gasteiger partial charge in [0, 0.05) is 29.5 Å². The van der Waals surface area contributed by atoms with Gasteiger partial charge in [0.25, 0.3) is 5.69 Å². The first-order chi connectivity index (χ1) is 9.63. The van der Waals surface area contributed by atoms with E-state index in [1.165, 1.54) is 19.3 Å². The molecule has 20 heavy (non-hydrogen) atoms. The van der Waals surface area contributed by atoms with E-state index >= 15 is 0 Å². The Hall–Kier alpha value is -1.07. The van der Waals surface area contributed by atoms with Crippen LogP contribution in [0.2, 0.25) is 0 Å². The van der Waals surface area contributed by atoms with Gasteiger partial charge in [0.15, 0.2) is 0 Å². The summed E-state index contributed by atoms with van der Waals surface area (Å²) in [6.07, 6.45) is 3.78. The molecule has 0 aliphatic heterocycles. The van der Waals surface area contributed by atoms with Gasteiger partial charge in [0.1, 0.15) is 0 Å². The molecule has 0 saturated heterocycles. The van der Waals surface area contributed by atoms with Crippen molar-refractivity contribution in [3.05, 3.63) is 39.4 Å². The van der Waals surface area contributed by atoms with Crippen molar-refractivity contribution in [1.29, 1.82) is 0 Å². The SMILES string of the molecule is CCSC1CCCC1NCc1cccc([N+](=O)[O-])c1C. The fraction of sp³-hybridized carbons (Fsp3) is 0.600. The zero-order chi connectivity index (χ0) is 14.5. The normalized spacial score (nSPS) is 22.1. The van der Waals surface area contributed by atoms with Gasteiger partial charge < -0.3 is 5.32 Å². The number of hydrogen-bond donors (Lipinski definition) is 1. The Bertz CT molecular complexity index is 479. The Morgan fingerprint density at radius 1 is 1.45 bits per heavy atom. The Morgan fingerprint density at radius 2 is 2.25 bits per heavy atom. The van der Waals surface area contributed by atoms with E-state index in [9.17, 15) is 10.1 Å². The van der Waals surface area contributed by atoms with E-state index in [0.29, 0.717) is 11.3 Å². The Balaban J connectivity index is 2.00. The van der Waals surface area contributed by atoms with E-state index in [1.54, 1.807) is 12.1 Å². The minimum atomic E-state index is -0.301. The molecule has 110 valence electrons. The second kappa shape index (κ2) is 7.09. The van der Waals surface area contributed by atoms with Crippen LogP contribution in [0.4, 0.5) is 5.69 Å². The number of benzene rings is 1. The van der Waals surface area contributed by atoms with Gasteiger partial charge in [0.2, 0.25) is 0 Å². The monoisotopic (exact) mass is 294 g/mol. The summed E-state index contributed by atoms with van der Waals surface area (Å²) in [5, 5.41) is 15.2. The van der Waals surface area contributed by atoms with Crippen molar-refractivity contribution in [3.8, 4) is 0 Å². The first kappa shape index (κ1) is 15.3. The highest BCUT2D eigenvalue weighted by molar-refractivity contribution is 7.99. The van der Waals surface area contributed by atoms with Gasteiger partial charge in [0.05, 0.1) is 4.92 Å². The third-order valence-electron chi connectivity index (χ3n) is 4.00. The molecule has 2 rings (SSSR count). The van der Waals surface area contributed by atoms with Crippen molar-refractivity contribution < 1.29 is 4.92 Å². The lowest BCUT2D eigenvalue weighted by molar-refractivity contribution is -0.385. The standard InChI is InChI=1S/C15H22N2O2S/c1-3-20-15-9-5-7-13(15)16-10-12-6-4-8-14(11(12)2)17(18)19/h4,6,8,13,15-16H,3,5,7,9-10H2,1-2H3. The molecule has 2 unspecified atom stereocenters. The first-order valence-corrected chi connectivity index (χ1v) is 8.26. The number of nitrogens with one attached hydrogen (secondary N) is 1. The van der Waals surface area contributed by atoms with Crippen LogP contribution in [-0.2, 0) is 6.54 Å². The minimum Gasteiger partial charge on any atom is -0.309 e. The molecule has 0 bridgehead atoms. The van der Waals surface area contributed by atoms with Gasteiger partial charge in [-0.3, -0.25) is 10.1 Å². The summed E-state index contributed by atoms with van der Waals surface area (Å²) in [5.41, 5.74) is 2.03. The van der Waals surface area contributed by atoms with Crippen molar-refractivity contribution in [2.24, 2.45) is 0 Å². The smallest absolute Gasteiger partial charge is 0.272 e. The third-order valence-corrected chi connectivity index (χ3v) is 5.33. The average Bonchev–Trinajstić information content (AvgIpc) is 2.85. The van der Waals surface area contributed by atoms with Crippen molar-refractivity contribution in [2.75, 3.05) is 5.75 Å². The first-order valence-electron chi connectivity index (χ1n) is 7.21. The lowest BCUT2D eigenvalue weighted by Gasteiger charge is -2.20. The predicted molar refractivity (Wildman–Crippen MR) is 84.2 cm³/mol. The summed E-state index contributed by atoms with van der Waals surface area (Å²) < 4.78 is 0. The van der Waals surface area contributed by atoms with Crippen LogP contribution in [0.3, 0.4) is 0 Å². The molecule has 1 N–H and O–H groups in total. The lowest BCUT2D eigenvalue weighted by atomic mass is 10.1. The van der Waals surface area contributed by atoms with Gasteiger partial charge in [-0.1, -0.05) is 25.5 Å². The number of hydrogen-bond acceptors (Lipinski definition) is 4. The molecule has 2 atom stereocenters. The van der Waals surface area contributed by atoms with Gasteiger partial charge in [-0.2, -0.15) is 11.8 Å². The molecule has 0 aromatic heterocycles. The molecule has 1 aliphatic carbocycles. The second-order valence-corrected chi connectivity index (χ2v) is 6.75. The molecule has 5 heteroatoms. The average molecular weight is 294 g/mol.